The fourth-order valence-corrected chi connectivity index (χ4v) is 1.79. The number of nitrogens with one attached hydrogen (secondary N) is 1. The zero-order valence-corrected chi connectivity index (χ0v) is 10.8. The summed E-state index contributed by atoms with van der Waals surface area (Å²) in [5.41, 5.74) is 1.72. The fraction of sp³-hybridized carbons (Fsp3) is 0.125. The molecule has 3 nitrogen and oxygen atoms in total. The van der Waals surface area contributed by atoms with Gasteiger partial charge < -0.3 is 5.32 Å². The van der Waals surface area contributed by atoms with E-state index in [0.29, 0.717) is 11.3 Å². The van der Waals surface area contributed by atoms with E-state index in [9.17, 15) is 9.18 Å². The van der Waals surface area contributed by atoms with Gasteiger partial charge in [0, 0.05) is 6.42 Å². The summed E-state index contributed by atoms with van der Waals surface area (Å²) >= 11 is 0. The van der Waals surface area contributed by atoms with Crippen LogP contribution in [0, 0.1) is 17.1 Å². The van der Waals surface area contributed by atoms with Crippen LogP contribution >= 0.6 is 0 Å². The summed E-state index contributed by atoms with van der Waals surface area (Å²) in [5.74, 6) is -0.420. The van der Waals surface area contributed by atoms with Gasteiger partial charge in [0.2, 0.25) is 0 Å². The average molecular weight is 268 g/mol. The van der Waals surface area contributed by atoms with Gasteiger partial charge in [0.25, 0.3) is 0 Å². The van der Waals surface area contributed by atoms with Gasteiger partial charge in [-0.15, -0.1) is 0 Å². The van der Waals surface area contributed by atoms with E-state index < -0.39 is 0 Å². The molecule has 0 unspecified atom stereocenters. The molecule has 2 aromatic rings. The normalized spacial score (nSPS) is 9.80. The lowest BCUT2D eigenvalue weighted by atomic mass is 10.1. The summed E-state index contributed by atoms with van der Waals surface area (Å²) in [6, 6.07) is 15.1. The average Bonchev–Trinajstić information content (AvgIpc) is 2.47. The minimum atomic E-state index is -0.376. The number of hydrogen-bond donors (Lipinski definition) is 1. The maximum Gasteiger partial charge on any atom is 0.156 e. The predicted octanol–water partition coefficient (Wildman–Crippen LogP) is 2.92. The van der Waals surface area contributed by atoms with Crippen molar-refractivity contribution in [2.45, 2.75) is 6.42 Å². The van der Waals surface area contributed by atoms with E-state index in [2.05, 4.69) is 5.32 Å². The van der Waals surface area contributed by atoms with Gasteiger partial charge >= 0.3 is 0 Å². The Balaban J connectivity index is 1.89. The van der Waals surface area contributed by atoms with Crippen LogP contribution in [0.1, 0.15) is 11.1 Å². The minimum absolute atomic E-state index is 0.0436. The highest BCUT2D eigenvalue weighted by atomic mass is 19.1. The first-order chi connectivity index (χ1) is 9.69. The topological polar surface area (TPSA) is 52.9 Å². The lowest BCUT2D eigenvalue weighted by molar-refractivity contribution is -0.116. The molecule has 0 spiro atoms. The second kappa shape index (κ2) is 6.48. The SMILES string of the molecule is N#Cc1ccc(CC(=O)CNc2ccccc2F)cc1. The number of ketones is 1. The molecule has 0 aromatic heterocycles. The molecule has 0 saturated heterocycles. The first kappa shape index (κ1) is 13.8. The van der Waals surface area contributed by atoms with Crippen molar-refractivity contribution in [3.05, 3.63) is 65.5 Å². The number of Topliss-reactive ketones (excluding diaryl/α,β-unsaturated/α-hetero) is 1. The van der Waals surface area contributed by atoms with E-state index in [1.54, 1.807) is 42.5 Å². The van der Waals surface area contributed by atoms with Crippen molar-refractivity contribution >= 4 is 11.5 Å². The number of hydrogen-bond acceptors (Lipinski definition) is 3. The van der Waals surface area contributed by atoms with Crippen LogP contribution in [0.2, 0.25) is 0 Å². The van der Waals surface area contributed by atoms with Crippen LogP contribution < -0.4 is 5.32 Å². The van der Waals surface area contributed by atoms with Gasteiger partial charge in [0.15, 0.2) is 5.78 Å². The van der Waals surface area contributed by atoms with Gasteiger partial charge in [-0.2, -0.15) is 5.26 Å². The molecule has 0 aliphatic rings. The Morgan fingerprint density at radius 2 is 1.85 bits per heavy atom. The Morgan fingerprint density at radius 1 is 1.15 bits per heavy atom. The largest absolute Gasteiger partial charge is 0.376 e. The molecule has 0 heterocycles. The molecule has 1 N–H and O–H groups in total. The number of para-hydroxylation sites is 1. The summed E-state index contributed by atoms with van der Waals surface area (Å²) in [4.78, 5) is 11.8. The van der Waals surface area contributed by atoms with Gasteiger partial charge in [-0.25, -0.2) is 4.39 Å². The Bertz CT molecular complexity index is 644. The highest BCUT2D eigenvalue weighted by molar-refractivity contribution is 5.85. The van der Waals surface area contributed by atoms with Crippen molar-refractivity contribution in [2.75, 3.05) is 11.9 Å². The molecule has 2 rings (SSSR count). The number of carbonyl (C=O) groups excluding carboxylic acids is 1. The van der Waals surface area contributed by atoms with E-state index >= 15 is 0 Å². The highest BCUT2D eigenvalue weighted by Crippen LogP contribution is 2.12. The standard InChI is InChI=1S/C16H13FN2O/c17-15-3-1-2-4-16(15)19-11-14(20)9-12-5-7-13(10-18)8-6-12/h1-8,19H,9,11H2. The summed E-state index contributed by atoms with van der Waals surface area (Å²) < 4.78 is 13.3. The van der Waals surface area contributed by atoms with Crippen LogP contribution in [-0.2, 0) is 11.2 Å². The Labute approximate surface area is 116 Å². The summed E-state index contributed by atoms with van der Waals surface area (Å²) in [6.07, 6.45) is 0.257. The van der Waals surface area contributed by atoms with Crippen LogP contribution in [0.25, 0.3) is 0 Å². The maximum absolute atomic E-state index is 13.3. The minimum Gasteiger partial charge on any atom is -0.376 e. The zero-order chi connectivity index (χ0) is 14.4. The van der Waals surface area contributed by atoms with Gasteiger partial charge in [-0.05, 0) is 29.8 Å². The molecule has 0 atom stereocenters. The third kappa shape index (κ3) is 3.66. The van der Waals surface area contributed by atoms with Crippen molar-refractivity contribution in [1.29, 1.82) is 5.26 Å². The van der Waals surface area contributed by atoms with Gasteiger partial charge in [0.05, 0.1) is 23.9 Å². The van der Waals surface area contributed by atoms with Gasteiger partial charge in [0.1, 0.15) is 5.82 Å². The first-order valence-corrected chi connectivity index (χ1v) is 6.18. The van der Waals surface area contributed by atoms with Crippen molar-refractivity contribution < 1.29 is 9.18 Å². The Kier molecular flexibility index (Phi) is 4.46. The van der Waals surface area contributed by atoms with Crippen molar-refractivity contribution in [3.8, 4) is 6.07 Å². The smallest absolute Gasteiger partial charge is 0.156 e. The van der Waals surface area contributed by atoms with Crippen molar-refractivity contribution in [3.63, 3.8) is 0 Å². The molecule has 0 aliphatic heterocycles. The van der Waals surface area contributed by atoms with E-state index in [-0.39, 0.29) is 24.6 Å². The summed E-state index contributed by atoms with van der Waals surface area (Å²) in [5, 5.41) is 11.5. The highest BCUT2D eigenvalue weighted by Gasteiger charge is 2.06. The van der Waals surface area contributed by atoms with Crippen molar-refractivity contribution in [1.82, 2.24) is 0 Å². The Hall–Kier alpha value is -2.67. The summed E-state index contributed by atoms with van der Waals surface area (Å²) in [7, 11) is 0. The number of benzene rings is 2. The molecule has 2 aromatic carbocycles. The number of rotatable bonds is 5. The lowest BCUT2D eigenvalue weighted by Gasteiger charge is -2.06. The number of anilines is 1. The number of nitriles is 1. The molecule has 0 amide bonds. The second-order valence-corrected chi connectivity index (χ2v) is 4.36. The number of nitrogens with zero attached hydrogens (tertiary/aromatic N) is 1. The third-order valence-corrected chi connectivity index (χ3v) is 2.83. The molecular formula is C16H13FN2O. The van der Waals surface area contributed by atoms with Gasteiger partial charge in [-0.3, -0.25) is 4.79 Å². The number of carbonyl (C=O) groups is 1. The van der Waals surface area contributed by atoms with Crippen LogP contribution in [0.5, 0.6) is 0 Å². The lowest BCUT2D eigenvalue weighted by Crippen LogP contribution is -2.16. The zero-order valence-electron chi connectivity index (χ0n) is 10.8. The molecule has 0 saturated carbocycles. The van der Waals surface area contributed by atoms with Crippen molar-refractivity contribution in [2.24, 2.45) is 0 Å². The van der Waals surface area contributed by atoms with E-state index in [1.165, 1.54) is 6.07 Å². The molecule has 100 valence electrons. The Morgan fingerprint density at radius 3 is 2.50 bits per heavy atom. The predicted molar refractivity (Wildman–Crippen MR) is 74.8 cm³/mol. The fourth-order valence-electron chi connectivity index (χ4n) is 1.79. The van der Waals surface area contributed by atoms with E-state index in [1.807, 2.05) is 6.07 Å². The van der Waals surface area contributed by atoms with Gasteiger partial charge in [-0.1, -0.05) is 24.3 Å². The third-order valence-electron chi connectivity index (χ3n) is 2.83. The molecule has 20 heavy (non-hydrogen) atoms. The first-order valence-electron chi connectivity index (χ1n) is 6.18. The van der Waals surface area contributed by atoms with Crippen LogP contribution in [0.3, 0.4) is 0 Å². The number of halogens is 1. The molecule has 0 bridgehead atoms. The van der Waals surface area contributed by atoms with E-state index in [4.69, 9.17) is 5.26 Å². The molecule has 0 aliphatic carbocycles. The molecular weight excluding hydrogens is 255 g/mol. The van der Waals surface area contributed by atoms with Crippen LogP contribution in [0.4, 0.5) is 10.1 Å². The maximum atomic E-state index is 13.3. The molecule has 0 fully saturated rings. The quantitative estimate of drug-likeness (QED) is 0.907. The second-order valence-electron chi connectivity index (χ2n) is 4.36. The van der Waals surface area contributed by atoms with Crippen LogP contribution in [0.15, 0.2) is 48.5 Å². The molecule has 4 heteroatoms. The van der Waals surface area contributed by atoms with E-state index in [0.717, 1.165) is 5.56 Å². The van der Waals surface area contributed by atoms with Crippen LogP contribution in [-0.4, -0.2) is 12.3 Å². The summed E-state index contributed by atoms with van der Waals surface area (Å²) in [6.45, 7) is 0.0704. The monoisotopic (exact) mass is 268 g/mol. The molecule has 0 radical (unpaired) electrons.